The van der Waals surface area contributed by atoms with Crippen molar-refractivity contribution in [2.24, 2.45) is 5.73 Å². The number of nitrogens with one attached hydrogen (secondary N) is 1. The van der Waals surface area contributed by atoms with Crippen LogP contribution in [0.15, 0.2) is 17.6 Å². The molecular weight excluding hydrogens is 240 g/mol. The van der Waals surface area contributed by atoms with E-state index in [0.29, 0.717) is 6.54 Å². The van der Waals surface area contributed by atoms with Crippen LogP contribution in [0.2, 0.25) is 0 Å². The van der Waals surface area contributed by atoms with Gasteiger partial charge in [-0.1, -0.05) is 6.42 Å². The van der Waals surface area contributed by atoms with E-state index in [2.05, 4.69) is 9.97 Å². The highest BCUT2D eigenvalue weighted by molar-refractivity contribution is 7.89. The Morgan fingerprint density at radius 1 is 1.59 bits per heavy atom. The second-order valence-corrected chi connectivity index (χ2v) is 6.31. The van der Waals surface area contributed by atoms with Gasteiger partial charge < -0.3 is 10.7 Å². The van der Waals surface area contributed by atoms with E-state index in [-0.39, 0.29) is 17.1 Å². The number of hydrogen-bond donors (Lipinski definition) is 2. The largest absolute Gasteiger partial charge is 0.335 e. The van der Waals surface area contributed by atoms with Crippen LogP contribution < -0.4 is 5.73 Å². The van der Waals surface area contributed by atoms with Gasteiger partial charge >= 0.3 is 0 Å². The van der Waals surface area contributed by atoms with Crippen molar-refractivity contribution in [2.75, 3.05) is 6.54 Å². The van der Waals surface area contributed by atoms with Crippen LogP contribution in [0.3, 0.4) is 0 Å². The first-order valence-corrected chi connectivity index (χ1v) is 7.23. The first-order valence-electron chi connectivity index (χ1n) is 5.79. The maximum absolute atomic E-state index is 12.4. The van der Waals surface area contributed by atoms with Gasteiger partial charge in [0, 0.05) is 18.6 Å². The molecule has 2 heterocycles. The lowest BCUT2D eigenvalue weighted by atomic mass is 10.00. The zero-order chi connectivity index (χ0) is 12.5. The van der Waals surface area contributed by atoms with Gasteiger partial charge in [0.05, 0.1) is 12.5 Å². The van der Waals surface area contributed by atoms with Crippen molar-refractivity contribution >= 4 is 10.0 Å². The Morgan fingerprint density at radius 2 is 2.35 bits per heavy atom. The number of H-pyrrole nitrogens is 1. The topological polar surface area (TPSA) is 92.1 Å². The molecule has 0 saturated carbocycles. The summed E-state index contributed by atoms with van der Waals surface area (Å²) < 4.78 is 26.2. The van der Waals surface area contributed by atoms with Crippen molar-refractivity contribution < 1.29 is 8.42 Å². The molecule has 1 aromatic heterocycles. The number of piperidine rings is 1. The van der Waals surface area contributed by atoms with Gasteiger partial charge in [-0.05, 0) is 19.8 Å². The van der Waals surface area contributed by atoms with Crippen LogP contribution in [-0.2, 0) is 10.0 Å². The Kier molecular flexibility index (Phi) is 3.50. The second-order valence-electron chi connectivity index (χ2n) is 4.45. The molecule has 0 bridgehead atoms. The van der Waals surface area contributed by atoms with Gasteiger partial charge in [-0.25, -0.2) is 13.4 Å². The normalized spacial score (nSPS) is 24.7. The van der Waals surface area contributed by atoms with E-state index in [1.165, 1.54) is 16.8 Å². The quantitative estimate of drug-likeness (QED) is 0.815. The minimum Gasteiger partial charge on any atom is -0.335 e. The van der Waals surface area contributed by atoms with E-state index in [1.807, 2.05) is 6.92 Å². The highest BCUT2D eigenvalue weighted by Gasteiger charge is 2.35. The van der Waals surface area contributed by atoms with Crippen LogP contribution in [0.1, 0.15) is 26.2 Å². The number of hydrogen-bond acceptors (Lipinski definition) is 4. The monoisotopic (exact) mass is 258 g/mol. The highest BCUT2D eigenvalue weighted by atomic mass is 32.2. The van der Waals surface area contributed by atoms with Gasteiger partial charge in [0.2, 0.25) is 0 Å². The smallest absolute Gasteiger partial charge is 0.260 e. The second kappa shape index (κ2) is 4.75. The van der Waals surface area contributed by atoms with Crippen molar-refractivity contribution in [1.29, 1.82) is 0 Å². The lowest BCUT2D eigenvalue weighted by Crippen LogP contribution is -2.51. The molecule has 0 aromatic carbocycles. The first kappa shape index (κ1) is 12.5. The molecule has 1 aliphatic heterocycles. The number of aromatic amines is 1. The molecule has 1 saturated heterocycles. The number of rotatable bonds is 3. The van der Waals surface area contributed by atoms with Crippen molar-refractivity contribution in [2.45, 2.75) is 43.3 Å². The van der Waals surface area contributed by atoms with Crippen LogP contribution in [0.4, 0.5) is 0 Å². The van der Waals surface area contributed by atoms with Crippen molar-refractivity contribution in [3.63, 3.8) is 0 Å². The Labute approximate surface area is 101 Å². The zero-order valence-corrected chi connectivity index (χ0v) is 10.7. The molecule has 0 unspecified atom stereocenters. The molecule has 96 valence electrons. The predicted octanol–water partition coefficient (Wildman–Crippen LogP) is 0.300. The van der Waals surface area contributed by atoms with Gasteiger partial charge in [0.1, 0.15) is 0 Å². The molecule has 0 amide bonds. The molecule has 0 radical (unpaired) electrons. The SMILES string of the molecule is C[C@@H](N)[C@@H]1CCCCN1S(=O)(=O)c1cnc[nH]1. The molecule has 17 heavy (non-hydrogen) atoms. The molecule has 1 aromatic rings. The fourth-order valence-corrected chi connectivity index (χ4v) is 3.94. The molecule has 7 heteroatoms. The third-order valence-electron chi connectivity index (χ3n) is 3.16. The molecule has 2 rings (SSSR count). The van der Waals surface area contributed by atoms with Gasteiger partial charge in [0.25, 0.3) is 10.0 Å². The summed E-state index contributed by atoms with van der Waals surface area (Å²) >= 11 is 0. The van der Waals surface area contributed by atoms with E-state index in [9.17, 15) is 8.42 Å². The van der Waals surface area contributed by atoms with Gasteiger partial charge in [-0.2, -0.15) is 4.31 Å². The standard InChI is InChI=1S/C10H18N4O2S/c1-8(11)9-4-2-3-5-14(9)17(15,16)10-6-12-7-13-10/h6-9H,2-5,11H2,1H3,(H,12,13)/t8-,9+/m1/s1. The van der Waals surface area contributed by atoms with E-state index in [0.717, 1.165) is 19.3 Å². The maximum Gasteiger partial charge on any atom is 0.260 e. The summed E-state index contributed by atoms with van der Waals surface area (Å²) in [7, 11) is -3.48. The molecule has 0 spiro atoms. The Hall–Kier alpha value is -0.920. The molecule has 1 fully saturated rings. The summed E-state index contributed by atoms with van der Waals surface area (Å²) in [5.74, 6) is 0. The summed E-state index contributed by atoms with van der Waals surface area (Å²) in [6.07, 6.45) is 5.45. The molecule has 0 aliphatic carbocycles. The van der Waals surface area contributed by atoms with Crippen molar-refractivity contribution in [3.8, 4) is 0 Å². The Bertz CT molecular complexity index is 455. The minimum absolute atomic E-state index is 0.114. The summed E-state index contributed by atoms with van der Waals surface area (Å²) in [5, 5.41) is 0.144. The summed E-state index contributed by atoms with van der Waals surface area (Å²) in [6, 6.07) is -0.273. The van der Waals surface area contributed by atoms with E-state index < -0.39 is 10.0 Å². The lowest BCUT2D eigenvalue weighted by Gasteiger charge is -2.36. The average molecular weight is 258 g/mol. The molecule has 6 nitrogen and oxygen atoms in total. The predicted molar refractivity (Wildman–Crippen MR) is 63.8 cm³/mol. The highest BCUT2D eigenvalue weighted by Crippen LogP contribution is 2.25. The number of sulfonamides is 1. The minimum atomic E-state index is -3.48. The van der Waals surface area contributed by atoms with Crippen molar-refractivity contribution in [1.82, 2.24) is 14.3 Å². The van der Waals surface area contributed by atoms with Gasteiger partial charge in [-0.15, -0.1) is 0 Å². The van der Waals surface area contributed by atoms with E-state index in [4.69, 9.17) is 5.73 Å². The Balaban J connectivity index is 2.31. The fourth-order valence-electron chi connectivity index (χ4n) is 2.27. The number of aromatic nitrogens is 2. The summed E-state index contributed by atoms with van der Waals surface area (Å²) in [5.41, 5.74) is 5.88. The van der Waals surface area contributed by atoms with Crippen LogP contribution in [0, 0.1) is 0 Å². The summed E-state index contributed by atoms with van der Waals surface area (Å²) in [6.45, 7) is 2.39. The van der Waals surface area contributed by atoms with E-state index >= 15 is 0 Å². The Morgan fingerprint density at radius 3 is 2.94 bits per heavy atom. The van der Waals surface area contributed by atoms with Crippen molar-refractivity contribution in [3.05, 3.63) is 12.5 Å². The van der Waals surface area contributed by atoms with Crippen LogP contribution >= 0.6 is 0 Å². The molecule has 2 atom stereocenters. The third kappa shape index (κ3) is 2.36. The van der Waals surface area contributed by atoms with Crippen LogP contribution in [0.25, 0.3) is 0 Å². The molecular formula is C10H18N4O2S. The maximum atomic E-state index is 12.4. The number of imidazole rings is 1. The van der Waals surface area contributed by atoms with Gasteiger partial charge in [0.15, 0.2) is 5.03 Å². The molecule has 3 N–H and O–H groups in total. The fraction of sp³-hybridized carbons (Fsp3) is 0.700. The van der Waals surface area contributed by atoms with E-state index in [1.54, 1.807) is 0 Å². The first-order chi connectivity index (χ1) is 8.03. The third-order valence-corrected chi connectivity index (χ3v) is 5.01. The number of nitrogens with zero attached hydrogens (tertiary/aromatic N) is 2. The number of nitrogens with two attached hydrogens (primary N) is 1. The molecule has 1 aliphatic rings. The zero-order valence-electron chi connectivity index (χ0n) is 9.83. The average Bonchev–Trinajstić information content (AvgIpc) is 2.83. The summed E-state index contributed by atoms with van der Waals surface area (Å²) in [4.78, 5) is 6.41. The van der Waals surface area contributed by atoms with Crippen LogP contribution in [-0.4, -0.2) is 41.3 Å². The lowest BCUT2D eigenvalue weighted by molar-refractivity contribution is 0.227. The van der Waals surface area contributed by atoms with Crippen LogP contribution in [0.5, 0.6) is 0 Å². The van der Waals surface area contributed by atoms with Gasteiger partial charge in [-0.3, -0.25) is 0 Å².